The minimum atomic E-state index is -1.13. The molecule has 0 saturated carbocycles. The highest BCUT2D eigenvalue weighted by Crippen LogP contribution is 2.39. The fraction of sp³-hybridized carbons (Fsp3) is 0.364. The van der Waals surface area contributed by atoms with E-state index in [0.717, 1.165) is 22.3 Å². The second kappa shape index (κ2) is 19.5. The largest absolute Gasteiger partial charge is 0.483 e. The zero-order valence-corrected chi connectivity index (χ0v) is 32.5. The maximum Gasteiger partial charge on any atom is 0.341 e. The molecule has 296 valence electrons. The first-order valence-electron chi connectivity index (χ1n) is 19.0. The molecule has 0 atom stereocenters. The van der Waals surface area contributed by atoms with Gasteiger partial charge in [-0.05, 0) is 72.2 Å². The number of benzene rings is 4. The van der Waals surface area contributed by atoms with Crippen molar-refractivity contribution in [2.45, 2.75) is 53.4 Å². The van der Waals surface area contributed by atoms with Gasteiger partial charge in [-0.25, -0.2) is 9.59 Å². The van der Waals surface area contributed by atoms with Gasteiger partial charge in [-0.3, -0.25) is 9.59 Å². The summed E-state index contributed by atoms with van der Waals surface area (Å²) in [5.41, 5.74) is 5.78. The van der Waals surface area contributed by atoms with Gasteiger partial charge in [0.15, 0.2) is 26.4 Å². The molecule has 0 spiro atoms. The smallest absolute Gasteiger partial charge is 0.341 e. The van der Waals surface area contributed by atoms with E-state index in [0.29, 0.717) is 71.4 Å². The molecule has 0 fully saturated rings. The lowest BCUT2D eigenvalue weighted by Gasteiger charge is -2.23. The Bertz CT molecular complexity index is 1810. The summed E-state index contributed by atoms with van der Waals surface area (Å²) >= 11 is 0. The van der Waals surface area contributed by atoms with Crippen molar-refractivity contribution in [1.82, 2.24) is 9.80 Å². The zero-order chi connectivity index (χ0) is 40.2. The molecule has 2 N–H and O–H groups in total. The van der Waals surface area contributed by atoms with E-state index in [2.05, 4.69) is 0 Å². The number of likely N-dealkylation sites (N-methyl/N-ethyl adjacent to an activating group) is 2. The average Bonchev–Trinajstić information content (AvgIpc) is 3.17. The van der Waals surface area contributed by atoms with Gasteiger partial charge in [-0.1, -0.05) is 72.8 Å². The normalized spacial score (nSPS) is 11.9. The highest BCUT2D eigenvalue weighted by atomic mass is 16.5. The average molecular weight is 767 g/mol. The van der Waals surface area contributed by atoms with Crippen LogP contribution in [0.5, 0.6) is 23.0 Å². The Morgan fingerprint density at radius 2 is 0.643 bits per heavy atom. The van der Waals surface area contributed by atoms with Gasteiger partial charge in [0, 0.05) is 51.9 Å². The van der Waals surface area contributed by atoms with Crippen LogP contribution in [-0.4, -0.2) is 96.4 Å². The second-order valence-corrected chi connectivity index (χ2v) is 13.4. The number of hydrogen-bond donors (Lipinski definition) is 2. The van der Waals surface area contributed by atoms with Crippen molar-refractivity contribution in [2.75, 3.05) is 52.6 Å². The van der Waals surface area contributed by atoms with E-state index in [1.807, 2.05) is 100 Å². The molecule has 1 aliphatic rings. The molecule has 12 heteroatoms. The van der Waals surface area contributed by atoms with Crippen LogP contribution in [0.15, 0.2) is 72.8 Å². The fourth-order valence-electron chi connectivity index (χ4n) is 7.10. The van der Waals surface area contributed by atoms with Crippen molar-refractivity contribution >= 4 is 23.8 Å². The predicted molar refractivity (Wildman–Crippen MR) is 210 cm³/mol. The van der Waals surface area contributed by atoms with Gasteiger partial charge < -0.3 is 39.0 Å². The van der Waals surface area contributed by atoms with Crippen LogP contribution in [0.3, 0.4) is 0 Å². The summed E-state index contributed by atoms with van der Waals surface area (Å²) in [7, 11) is 0. The van der Waals surface area contributed by atoms with E-state index in [1.165, 1.54) is 0 Å². The van der Waals surface area contributed by atoms with Gasteiger partial charge in [0.25, 0.3) is 11.8 Å². The van der Waals surface area contributed by atoms with E-state index in [9.17, 15) is 29.4 Å². The molecule has 0 saturated heterocycles. The Morgan fingerprint density at radius 1 is 0.429 bits per heavy atom. The van der Waals surface area contributed by atoms with E-state index < -0.39 is 25.2 Å². The number of hydrogen-bond acceptors (Lipinski definition) is 8. The van der Waals surface area contributed by atoms with Crippen molar-refractivity contribution < 1.29 is 48.3 Å². The number of ether oxygens (including phenoxy) is 4. The quantitative estimate of drug-likeness (QED) is 0.126. The summed E-state index contributed by atoms with van der Waals surface area (Å²) in [5, 5.41) is 19.4. The first-order chi connectivity index (χ1) is 27.1. The number of carboxylic acid groups (broad SMARTS) is 2. The number of aliphatic carboxylic acids is 2. The number of amides is 2. The number of para-hydroxylation sites is 4. The zero-order valence-electron chi connectivity index (χ0n) is 32.5. The number of carbonyl (C=O) groups is 4. The van der Waals surface area contributed by atoms with Gasteiger partial charge >= 0.3 is 11.9 Å². The van der Waals surface area contributed by atoms with Crippen molar-refractivity contribution in [2.24, 2.45) is 0 Å². The van der Waals surface area contributed by atoms with Gasteiger partial charge in [0.05, 0.1) is 0 Å². The molecule has 0 radical (unpaired) electrons. The van der Waals surface area contributed by atoms with Crippen LogP contribution in [0, 0.1) is 0 Å². The molecule has 1 aliphatic carbocycles. The molecule has 2 amide bonds. The molecule has 8 bridgehead atoms. The standard InChI is InChI=1S/C44H50N2O10/c1-5-45(6-2)37(47)25-53-41-29-13-9-14-30(41)22-34-18-12-20-36(44(34)56-28-40(51)52)24-32-16-10-15-31(42(32)54-26-38(48)46(7-3)8-4)23-35-19-11-17-33(21-29)43(35)55-27-39(49)50/h9-20H,5-8,21-28H2,1-4H3,(H,49,50)(H,51,52). The van der Waals surface area contributed by atoms with E-state index >= 15 is 0 Å². The summed E-state index contributed by atoms with van der Waals surface area (Å²) in [4.78, 5) is 53.5. The van der Waals surface area contributed by atoms with Crippen molar-refractivity contribution in [3.63, 3.8) is 0 Å². The first-order valence-corrected chi connectivity index (χ1v) is 19.0. The number of rotatable bonds is 16. The lowest BCUT2D eigenvalue weighted by molar-refractivity contribution is -0.140. The van der Waals surface area contributed by atoms with Crippen molar-refractivity contribution in [1.29, 1.82) is 0 Å². The van der Waals surface area contributed by atoms with E-state index in [-0.39, 0.29) is 50.7 Å². The van der Waals surface area contributed by atoms with E-state index in [1.54, 1.807) is 9.80 Å². The summed E-state index contributed by atoms with van der Waals surface area (Å²) in [6.45, 7) is 8.20. The number of fused-ring (bicyclic) bond motifs is 8. The van der Waals surface area contributed by atoms with Gasteiger partial charge in [0.1, 0.15) is 23.0 Å². The molecule has 0 aromatic heterocycles. The first kappa shape index (κ1) is 41.1. The Morgan fingerprint density at radius 3 is 0.839 bits per heavy atom. The van der Waals surface area contributed by atoms with Gasteiger partial charge in [-0.15, -0.1) is 0 Å². The van der Waals surface area contributed by atoms with Crippen LogP contribution < -0.4 is 18.9 Å². The van der Waals surface area contributed by atoms with Crippen LogP contribution in [0.4, 0.5) is 0 Å². The summed E-state index contributed by atoms with van der Waals surface area (Å²) in [5.74, 6) is -0.809. The molecular formula is C44H50N2O10. The van der Waals surface area contributed by atoms with Crippen LogP contribution in [-0.2, 0) is 44.9 Å². The fourth-order valence-corrected chi connectivity index (χ4v) is 7.10. The number of nitrogens with zero attached hydrogens (tertiary/aromatic N) is 2. The van der Waals surface area contributed by atoms with Crippen LogP contribution >= 0.6 is 0 Å². The molecule has 5 rings (SSSR count). The van der Waals surface area contributed by atoms with Gasteiger partial charge in [0.2, 0.25) is 0 Å². The highest BCUT2D eigenvalue weighted by Gasteiger charge is 2.24. The third-order valence-corrected chi connectivity index (χ3v) is 9.83. The number of carbonyl (C=O) groups excluding carboxylic acids is 2. The molecule has 0 heterocycles. The third kappa shape index (κ3) is 10.2. The molecular weight excluding hydrogens is 716 g/mol. The molecule has 4 aromatic rings. The maximum atomic E-state index is 13.2. The maximum absolute atomic E-state index is 13.2. The van der Waals surface area contributed by atoms with Crippen LogP contribution in [0.1, 0.15) is 72.2 Å². The summed E-state index contributed by atoms with van der Waals surface area (Å²) in [6.07, 6.45) is 1.09. The molecule has 4 aromatic carbocycles. The van der Waals surface area contributed by atoms with Crippen molar-refractivity contribution in [3.05, 3.63) is 117 Å². The molecule has 0 unspecified atom stereocenters. The number of carboxylic acids is 2. The van der Waals surface area contributed by atoms with Gasteiger partial charge in [-0.2, -0.15) is 0 Å². The topological polar surface area (TPSA) is 152 Å². The Labute approximate surface area is 327 Å². The molecule has 12 nitrogen and oxygen atoms in total. The van der Waals surface area contributed by atoms with Crippen LogP contribution in [0.25, 0.3) is 0 Å². The lowest BCUT2D eigenvalue weighted by atomic mass is 9.91. The third-order valence-electron chi connectivity index (χ3n) is 9.83. The van der Waals surface area contributed by atoms with Crippen molar-refractivity contribution in [3.8, 4) is 23.0 Å². The monoisotopic (exact) mass is 766 g/mol. The highest BCUT2D eigenvalue weighted by molar-refractivity contribution is 5.78. The lowest BCUT2D eigenvalue weighted by Crippen LogP contribution is -2.34. The summed E-state index contributed by atoms with van der Waals surface area (Å²) in [6, 6.07) is 22.7. The van der Waals surface area contributed by atoms with Crippen LogP contribution in [0.2, 0.25) is 0 Å². The SMILES string of the molecule is CCN(CC)C(=O)COc1c2cccc1Cc1cccc(c1OCC(=O)O)Cc1cccc(c1OCC(=O)N(CC)CC)Cc1cccc(c1OCC(=O)O)C2. The predicted octanol–water partition coefficient (Wildman–Crippen LogP) is 5.78. The minimum absolute atomic E-state index is 0.171. The Kier molecular flexibility index (Phi) is 14.3. The summed E-state index contributed by atoms with van der Waals surface area (Å²) < 4.78 is 24.9. The Balaban J connectivity index is 1.72. The Hall–Kier alpha value is -6.04. The van der Waals surface area contributed by atoms with E-state index in [4.69, 9.17) is 18.9 Å². The minimum Gasteiger partial charge on any atom is -0.483 e. The molecule has 0 aliphatic heterocycles. The second-order valence-electron chi connectivity index (χ2n) is 13.4. The molecule has 56 heavy (non-hydrogen) atoms.